The van der Waals surface area contributed by atoms with E-state index < -0.39 is 0 Å². The van der Waals surface area contributed by atoms with Crippen molar-refractivity contribution in [3.8, 4) is 0 Å². The van der Waals surface area contributed by atoms with Crippen molar-refractivity contribution in [2.45, 2.75) is 31.8 Å². The van der Waals surface area contributed by atoms with Crippen LogP contribution in [0.25, 0.3) is 0 Å². The van der Waals surface area contributed by atoms with Gasteiger partial charge in [0, 0.05) is 37.2 Å². The van der Waals surface area contributed by atoms with Crippen molar-refractivity contribution in [1.82, 2.24) is 14.9 Å². The molecule has 1 aromatic heterocycles. The number of imidazole rings is 1. The summed E-state index contributed by atoms with van der Waals surface area (Å²) in [4.78, 5) is 4.37. The maximum atomic E-state index is 4.37. The Balaban J connectivity index is 1.50. The van der Waals surface area contributed by atoms with Gasteiger partial charge in [0.15, 0.2) is 0 Å². The summed E-state index contributed by atoms with van der Waals surface area (Å²) in [6.45, 7) is 2.34. The molecule has 3 rings (SSSR count). The number of nitrogens with zero attached hydrogens (tertiary/aromatic N) is 2. The zero-order chi connectivity index (χ0) is 10.8. The number of rotatable bonds is 3. The van der Waals surface area contributed by atoms with E-state index in [0.717, 1.165) is 24.9 Å². The average Bonchev–Trinajstić information content (AvgIpc) is 2.97. The van der Waals surface area contributed by atoms with E-state index in [2.05, 4.69) is 32.8 Å². The van der Waals surface area contributed by atoms with Gasteiger partial charge in [-0.3, -0.25) is 0 Å². The highest BCUT2D eigenvalue weighted by Crippen LogP contribution is 2.20. The first-order valence-corrected chi connectivity index (χ1v) is 7.38. The number of hydrogen-bond acceptors (Lipinski definition) is 3. The first kappa shape index (κ1) is 10.7. The summed E-state index contributed by atoms with van der Waals surface area (Å²) < 4.78 is 2.32. The monoisotopic (exact) mass is 237 g/mol. The van der Waals surface area contributed by atoms with E-state index in [0.29, 0.717) is 0 Å². The molecule has 16 heavy (non-hydrogen) atoms. The summed E-state index contributed by atoms with van der Waals surface area (Å²) in [5.41, 5.74) is 0. The lowest BCUT2D eigenvalue weighted by molar-refractivity contribution is 0.336. The summed E-state index contributed by atoms with van der Waals surface area (Å²) in [5.74, 6) is 4.72. The van der Waals surface area contributed by atoms with Crippen LogP contribution < -0.4 is 5.32 Å². The minimum atomic E-state index is 0.772. The molecular formula is C12H19N3S. The molecule has 1 aromatic rings. The highest BCUT2D eigenvalue weighted by molar-refractivity contribution is 7.99. The van der Waals surface area contributed by atoms with Gasteiger partial charge in [-0.1, -0.05) is 0 Å². The van der Waals surface area contributed by atoms with E-state index in [1.165, 1.54) is 36.7 Å². The molecule has 0 spiro atoms. The zero-order valence-electron chi connectivity index (χ0n) is 9.56. The van der Waals surface area contributed by atoms with Crippen LogP contribution in [0.4, 0.5) is 0 Å². The van der Waals surface area contributed by atoms with Crippen LogP contribution in [-0.4, -0.2) is 33.6 Å². The van der Waals surface area contributed by atoms with Crippen LogP contribution >= 0.6 is 11.8 Å². The molecule has 0 unspecified atom stereocenters. The predicted octanol–water partition coefficient (Wildman–Crippen LogP) is 1.54. The highest BCUT2D eigenvalue weighted by atomic mass is 32.2. The molecule has 0 amide bonds. The van der Waals surface area contributed by atoms with Crippen molar-refractivity contribution >= 4 is 11.8 Å². The molecule has 4 heteroatoms. The van der Waals surface area contributed by atoms with Crippen molar-refractivity contribution in [1.29, 1.82) is 0 Å². The van der Waals surface area contributed by atoms with Gasteiger partial charge >= 0.3 is 0 Å². The van der Waals surface area contributed by atoms with Crippen molar-refractivity contribution < 1.29 is 0 Å². The summed E-state index contributed by atoms with van der Waals surface area (Å²) in [7, 11) is 0. The van der Waals surface area contributed by atoms with Crippen LogP contribution in [0.15, 0.2) is 12.4 Å². The van der Waals surface area contributed by atoms with E-state index in [-0.39, 0.29) is 0 Å². The second kappa shape index (κ2) is 4.80. The van der Waals surface area contributed by atoms with Crippen molar-refractivity contribution in [2.75, 3.05) is 18.1 Å². The molecule has 2 aliphatic rings. The van der Waals surface area contributed by atoms with E-state index >= 15 is 0 Å². The quantitative estimate of drug-likeness (QED) is 0.865. The van der Waals surface area contributed by atoms with E-state index in [9.17, 15) is 0 Å². The Morgan fingerprint density at radius 3 is 3.38 bits per heavy atom. The fraction of sp³-hybridized carbons (Fsp3) is 0.750. The second-order valence-electron chi connectivity index (χ2n) is 4.87. The van der Waals surface area contributed by atoms with Crippen LogP contribution in [0.5, 0.6) is 0 Å². The van der Waals surface area contributed by atoms with Crippen LogP contribution in [0.2, 0.25) is 0 Å². The number of aryl methyl sites for hydroxylation is 1. The van der Waals surface area contributed by atoms with Crippen molar-refractivity contribution in [2.24, 2.45) is 5.92 Å². The Bertz CT molecular complexity index is 344. The van der Waals surface area contributed by atoms with Crippen LogP contribution in [0.3, 0.4) is 0 Å². The van der Waals surface area contributed by atoms with Crippen LogP contribution in [0.1, 0.15) is 18.7 Å². The van der Waals surface area contributed by atoms with Gasteiger partial charge in [-0.25, -0.2) is 4.98 Å². The largest absolute Gasteiger partial charge is 0.335 e. The smallest absolute Gasteiger partial charge is 0.108 e. The minimum Gasteiger partial charge on any atom is -0.335 e. The van der Waals surface area contributed by atoms with E-state index in [1.54, 1.807) is 0 Å². The zero-order valence-corrected chi connectivity index (χ0v) is 10.4. The van der Waals surface area contributed by atoms with Gasteiger partial charge in [-0.05, 0) is 31.1 Å². The summed E-state index contributed by atoms with van der Waals surface area (Å²) >= 11 is 2.08. The lowest BCUT2D eigenvalue weighted by Gasteiger charge is -2.25. The first-order chi connectivity index (χ1) is 7.92. The third kappa shape index (κ3) is 2.28. The Morgan fingerprint density at radius 1 is 1.50 bits per heavy atom. The van der Waals surface area contributed by atoms with Crippen LogP contribution in [-0.2, 0) is 13.0 Å². The molecule has 0 saturated carbocycles. The third-order valence-electron chi connectivity index (χ3n) is 3.66. The maximum Gasteiger partial charge on any atom is 0.108 e. The molecule has 3 nitrogen and oxygen atoms in total. The highest BCUT2D eigenvalue weighted by Gasteiger charge is 2.21. The first-order valence-electron chi connectivity index (χ1n) is 6.23. The number of nitrogens with one attached hydrogen (secondary N) is 1. The maximum absolute atomic E-state index is 4.37. The summed E-state index contributed by atoms with van der Waals surface area (Å²) in [5, 5.41) is 3.72. The van der Waals surface area contributed by atoms with Crippen molar-refractivity contribution in [3.05, 3.63) is 18.2 Å². The fourth-order valence-electron chi connectivity index (χ4n) is 2.63. The van der Waals surface area contributed by atoms with Gasteiger partial charge in [-0.2, -0.15) is 11.8 Å². The number of thioether (sulfide) groups is 1. The molecule has 0 aromatic carbocycles. The molecular weight excluding hydrogens is 218 g/mol. The normalized spacial score (nSPS) is 29.2. The van der Waals surface area contributed by atoms with Gasteiger partial charge < -0.3 is 9.88 Å². The van der Waals surface area contributed by atoms with Gasteiger partial charge in [0.1, 0.15) is 5.82 Å². The molecule has 2 atom stereocenters. The van der Waals surface area contributed by atoms with E-state index in [4.69, 9.17) is 0 Å². The minimum absolute atomic E-state index is 0.772. The summed E-state index contributed by atoms with van der Waals surface area (Å²) in [6.07, 6.45) is 7.85. The molecule has 1 N–H and O–H groups in total. The molecule has 1 fully saturated rings. The topological polar surface area (TPSA) is 29.9 Å². The number of fused-ring (bicyclic) bond motifs is 1. The summed E-state index contributed by atoms with van der Waals surface area (Å²) in [6, 6.07) is 0.772. The molecule has 2 aliphatic heterocycles. The lowest BCUT2D eigenvalue weighted by atomic mass is 9.99. The van der Waals surface area contributed by atoms with Gasteiger partial charge in [0.25, 0.3) is 0 Å². The van der Waals surface area contributed by atoms with E-state index in [1.807, 2.05) is 6.20 Å². The Hall–Kier alpha value is -0.480. The van der Waals surface area contributed by atoms with Crippen molar-refractivity contribution in [3.63, 3.8) is 0 Å². The second-order valence-corrected chi connectivity index (χ2v) is 6.02. The Morgan fingerprint density at radius 2 is 2.50 bits per heavy atom. The van der Waals surface area contributed by atoms with Crippen LogP contribution in [0, 0.1) is 5.92 Å². The fourth-order valence-corrected chi connectivity index (χ4v) is 3.82. The molecule has 1 saturated heterocycles. The lowest BCUT2D eigenvalue weighted by Crippen LogP contribution is -2.36. The standard InChI is InChI=1S/C12H19N3S/c1-2-12-13-4-5-15(12)8-10(1)7-14-11-3-6-16-9-11/h4-5,10-11,14H,1-3,6-9H2/t10-,11-/m0/s1. The molecule has 0 bridgehead atoms. The number of hydrogen-bond donors (Lipinski definition) is 1. The average molecular weight is 237 g/mol. The Kier molecular flexibility index (Phi) is 3.20. The van der Waals surface area contributed by atoms with Gasteiger partial charge in [0.2, 0.25) is 0 Å². The number of aromatic nitrogens is 2. The third-order valence-corrected chi connectivity index (χ3v) is 4.82. The molecule has 0 radical (unpaired) electrons. The van der Waals surface area contributed by atoms with Gasteiger partial charge in [0.05, 0.1) is 0 Å². The Labute approximate surface area is 101 Å². The molecule has 88 valence electrons. The predicted molar refractivity (Wildman–Crippen MR) is 67.8 cm³/mol. The molecule has 0 aliphatic carbocycles. The van der Waals surface area contributed by atoms with Gasteiger partial charge in [-0.15, -0.1) is 0 Å². The SMILES string of the molecule is c1cn2c(n1)CC[C@@H](CN[C@H]1CCSC1)C2. The molecule has 3 heterocycles.